The summed E-state index contributed by atoms with van der Waals surface area (Å²) in [6.07, 6.45) is 1.90. The zero-order chi connectivity index (χ0) is 39.3. The highest BCUT2D eigenvalue weighted by atomic mass is 16.5. The number of H-pyrrole nitrogens is 1. The lowest BCUT2D eigenvalue weighted by molar-refractivity contribution is -0.144. The number of hydrogen-bond donors (Lipinski definition) is 4. The van der Waals surface area contributed by atoms with Crippen LogP contribution in [0.4, 0.5) is 5.95 Å². The number of aliphatic hydroxyl groups is 1. The van der Waals surface area contributed by atoms with Gasteiger partial charge in [0, 0.05) is 25.1 Å². The minimum absolute atomic E-state index is 0.00811. The maximum atomic E-state index is 13.7. The number of methoxy groups -OCH3 is 1. The summed E-state index contributed by atoms with van der Waals surface area (Å²) in [5, 5.41) is 23.7. The molecule has 5 aromatic rings. The number of allylic oxidation sites excluding steroid dienone is 2. The van der Waals surface area contributed by atoms with Gasteiger partial charge in [0.25, 0.3) is 5.56 Å². The van der Waals surface area contributed by atoms with Crippen molar-refractivity contribution in [3.8, 4) is 5.75 Å². The SMILES string of the molecule is COc1ccc(C(Nc2nc3c(ncn3CC(=O)N(CCN=C(C)C3=C(O)CC(C)(C)CC3=O)CC(=O)O)c(=O)[nH]2)(c2ccccc2)c2ccccc2)cc1. The average Bonchev–Trinajstić information content (AvgIpc) is 3.55. The molecule has 0 radical (unpaired) electrons. The van der Waals surface area contributed by atoms with Gasteiger partial charge in [-0.25, -0.2) is 4.98 Å². The fraction of sp³-hybridized carbons (Fsp3) is 0.293. The molecule has 4 N–H and O–H groups in total. The first-order valence-corrected chi connectivity index (χ1v) is 17.8. The van der Waals surface area contributed by atoms with Gasteiger partial charge < -0.3 is 29.7 Å². The number of aliphatic imine (C=N–C) groups is 1. The van der Waals surface area contributed by atoms with Crippen LogP contribution < -0.4 is 15.6 Å². The topological polar surface area (TPSA) is 192 Å². The monoisotopic (exact) mass is 745 g/mol. The van der Waals surface area contributed by atoms with Gasteiger partial charge in [0.1, 0.15) is 30.1 Å². The number of amides is 1. The molecule has 0 saturated heterocycles. The number of aromatic amines is 1. The summed E-state index contributed by atoms with van der Waals surface area (Å²) < 4.78 is 6.83. The molecule has 0 spiro atoms. The number of nitrogens with zero attached hydrogens (tertiary/aromatic N) is 5. The fourth-order valence-electron chi connectivity index (χ4n) is 7.06. The van der Waals surface area contributed by atoms with E-state index >= 15 is 0 Å². The van der Waals surface area contributed by atoms with E-state index in [9.17, 15) is 29.4 Å². The molecule has 1 aliphatic rings. The van der Waals surface area contributed by atoms with E-state index in [2.05, 4.69) is 20.3 Å². The molecule has 14 heteroatoms. The number of carbonyl (C=O) groups is 3. The third-order valence-electron chi connectivity index (χ3n) is 9.63. The van der Waals surface area contributed by atoms with Crippen LogP contribution in [0.3, 0.4) is 0 Å². The number of aromatic nitrogens is 4. The Labute approximate surface area is 317 Å². The highest BCUT2D eigenvalue weighted by Gasteiger charge is 2.38. The van der Waals surface area contributed by atoms with E-state index in [0.29, 0.717) is 17.9 Å². The normalized spacial score (nSPS) is 14.5. The molecule has 0 aliphatic heterocycles. The molecule has 0 fully saturated rings. The smallest absolute Gasteiger partial charge is 0.323 e. The maximum absolute atomic E-state index is 13.7. The third-order valence-corrected chi connectivity index (χ3v) is 9.63. The number of anilines is 1. The Morgan fingerprint density at radius 1 is 0.982 bits per heavy atom. The molecular formula is C41H43N7O7. The van der Waals surface area contributed by atoms with Gasteiger partial charge in [-0.1, -0.05) is 86.6 Å². The fourth-order valence-corrected chi connectivity index (χ4v) is 7.06. The van der Waals surface area contributed by atoms with Crippen LogP contribution in [0.2, 0.25) is 0 Å². The van der Waals surface area contributed by atoms with E-state index in [1.165, 1.54) is 10.9 Å². The Balaban J connectivity index is 1.32. The molecular weight excluding hydrogens is 702 g/mol. The minimum atomic E-state index is -1.23. The van der Waals surface area contributed by atoms with Crippen molar-refractivity contribution in [2.24, 2.45) is 10.4 Å². The number of Topliss-reactive ketones (excluding diaryl/α,β-unsaturated/α-hetero) is 1. The number of rotatable bonds is 14. The standard InChI is InChI=1S/C41H43N7O7/c1-26(35-31(49)21-40(2,3)22-32(35)50)42-19-20-47(24-34(52)53)33(51)23-48-25-43-36-37(48)44-39(45-38(36)54)46-41(27-11-7-5-8-12-27,28-13-9-6-10-14-28)29-15-17-30(55-4)18-16-29/h5-18,25,49H,19-24H2,1-4H3,(H,52,53)(H2,44,45,46,54). The summed E-state index contributed by atoms with van der Waals surface area (Å²) >= 11 is 0. The summed E-state index contributed by atoms with van der Waals surface area (Å²) in [7, 11) is 1.59. The lowest BCUT2D eigenvalue weighted by atomic mass is 9.76. The van der Waals surface area contributed by atoms with Crippen molar-refractivity contribution in [2.45, 2.75) is 45.7 Å². The van der Waals surface area contributed by atoms with Crippen LogP contribution in [0, 0.1) is 5.41 Å². The van der Waals surface area contributed by atoms with Gasteiger partial charge in [-0.05, 0) is 41.2 Å². The number of carboxylic acids is 1. The van der Waals surface area contributed by atoms with Crippen LogP contribution in [0.5, 0.6) is 5.75 Å². The van der Waals surface area contributed by atoms with Crippen molar-refractivity contribution in [1.82, 2.24) is 24.4 Å². The van der Waals surface area contributed by atoms with Crippen LogP contribution >= 0.6 is 0 Å². The molecule has 3 aromatic carbocycles. The van der Waals surface area contributed by atoms with Gasteiger partial charge in [0.05, 0.1) is 25.6 Å². The van der Waals surface area contributed by atoms with E-state index in [1.807, 2.05) is 98.8 Å². The Bertz CT molecular complexity index is 2290. The lowest BCUT2D eigenvalue weighted by Crippen LogP contribution is -2.40. The lowest BCUT2D eigenvalue weighted by Gasteiger charge is -2.37. The number of benzene rings is 3. The number of nitrogens with one attached hydrogen (secondary N) is 2. The highest BCUT2D eigenvalue weighted by molar-refractivity contribution is 6.22. The van der Waals surface area contributed by atoms with Crippen molar-refractivity contribution in [3.05, 3.63) is 130 Å². The van der Waals surface area contributed by atoms with E-state index in [1.54, 1.807) is 14.0 Å². The Morgan fingerprint density at radius 2 is 1.60 bits per heavy atom. The van der Waals surface area contributed by atoms with Crippen molar-refractivity contribution in [1.29, 1.82) is 0 Å². The van der Waals surface area contributed by atoms with Crippen LogP contribution in [0.15, 0.2) is 112 Å². The molecule has 0 saturated carbocycles. The number of aliphatic hydroxyl groups excluding tert-OH is 1. The molecule has 1 aliphatic carbocycles. The Kier molecular flexibility index (Phi) is 11.0. The van der Waals surface area contributed by atoms with Crippen molar-refractivity contribution >= 4 is 40.5 Å². The van der Waals surface area contributed by atoms with E-state index in [0.717, 1.165) is 21.6 Å². The van der Waals surface area contributed by atoms with Crippen LogP contribution in [0.25, 0.3) is 11.2 Å². The number of carbonyl (C=O) groups excluding carboxylic acids is 2. The molecule has 2 heterocycles. The quantitative estimate of drug-likeness (QED) is 0.0878. The van der Waals surface area contributed by atoms with Gasteiger partial charge in [-0.2, -0.15) is 4.98 Å². The summed E-state index contributed by atoms with van der Waals surface area (Å²) in [6.45, 7) is 4.33. The minimum Gasteiger partial charge on any atom is -0.511 e. The second-order valence-electron chi connectivity index (χ2n) is 14.2. The van der Waals surface area contributed by atoms with Crippen LogP contribution in [-0.4, -0.2) is 84.7 Å². The molecule has 1 amide bonds. The van der Waals surface area contributed by atoms with Gasteiger partial charge in [-0.15, -0.1) is 0 Å². The second-order valence-corrected chi connectivity index (χ2v) is 14.2. The van der Waals surface area contributed by atoms with Crippen molar-refractivity contribution in [2.75, 3.05) is 32.1 Å². The van der Waals surface area contributed by atoms with Crippen molar-refractivity contribution < 1.29 is 29.3 Å². The predicted octanol–water partition coefficient (Wildman–Crippen LogP) is 5.11. The van der Waals surface area contributed by atoms with E-state index in [-0.39, 0.29) is 65.7 Å². The maximum Gasteiger partial charge on any atom is 0.323 e. The van der Waals surface area contributed by atoms with Gasteiger partial charge in [-0.3, -0.25) is 29.2 Å². The third kappa shape index (κ3) is 8.17. The first kappa shape index (κ1) is 38.2. The summed E-state index contributed by atoms with van der Waals surface area (Å²) in [5.74, 6) is -1.29. The number of fused-ring (bicyclic) bond motifs is 1. The molecule has 0 unspecified atom stereocenters. The number of hydrogen-bond acceptors (Lipinski definition) is 10. The zero-order valence-corrected chi connectivity index (χ0v) is 31.1. The summed E-state index contributed by atoms with van der Waals surface area (Å²) in [6, 6.07) is 27.0. The first-order chi connectivity index (χ1) is 26.3. The van der Waals surface area contributed by atoms with Crippen LogP contribution in [-0.2, 0) is 26.5 Å². The first-order valence-electron chi connectivity index (χ1n) is 17.8. The molecule has 55 heavy (non-hydrogen) atoms. The highest BCUT2D eigenvalue weighted by Crippen LogP contribution is 2.40. The molecule has 0 bridgehead atoms. The van der Waals surface area contributed by atoms with Gasteiger partial charge in [0.2, 0.25) is 11.9 Å². The number of carboxylic acid groups (broad SMARTS) is 1. The zero-order valence-electron chi connectivity index (χ0n) is 31.1. The van der Waals surface area contributed by atoms with Gasteiger partial charge in [0.15, 0.2) is 16.9 Å². The Hall–Kier alpha value is -6.57. The molecule has 284 valence electrons. The summed E-state index contributed by atoms with van der Waals surface area (Å²) in [5.41, 5.74) is 1.12. The predicted molar refractivity (Wildman–Crippen MR) is 207 cm³/mol. The number of aliphatic carboxylic acids is 1. The number of ether oxygens (including phenoxy) is 1. The van der Waals surface area contributed by atoms with Crippen LogP contribution in [0.1, 0.15) is 50.3 Å². The van der Waals surface area contributed by atoms with Gasteiger partial charge >= 0.3 is 5.97 Å². The van der Waals surface area contributed by atoms with E-state index < -0.39 is 29.5 Å². The number of imidazole rings is 1. The van der Waals surface area contributed by atoms with Crippen molar-refractivity contribution in [3.63, 3.8) is 0 Å². The number of ketones is 1. The largest absolute Gasteiger partial charge is 0.511 e. The molecule has 2 aromatic heterocycles. The second kappa shape index (κ2) is 15.8. The average molecular weight is 746 g/mol. The molecule has 6 rings (SSSR count). The van der Waals surface area contributed by atoms with E-state index in [4.69, 9.17) is 9.72 Å². The molecule has 0 atom stereocenters. The molecule has 14 nitrogen and oxygen atoms in total. The Morgan fingerprint density at radius 3 is 2.18 bits per heavy atom. The summed E-state index contributed by atoms with van der Waals surface area (Å²) in [4.78, 5) is 69.1.